The van der Waals surface area contributed by atoms with Gasteiger partial charge >= 0.3 is 6.03 Å². The molecule has 0 spiro atoms. The van der Waals surface area contributed by atoms with E-state index in [0.717, 1.165) is 25.9 Å². The van der Waals surface area contributed by atoms with E-state index in [-0.39, 0.29) is 5.66 Å². The first-order valence-electron chi connectivity index (χ1n) is 6.76. The van der Waals surface area contributed by atoms with E-state index in [9.17, 15) is 4.79 Å². The third kappa shape index (κ3) is 3.57. The predicted molar refractivity (Wildman–Crippen MR) is 67.6 cm³/mol. The van der Waals surface area contributed by atoms with Crippen molar-refractivity contribution in [3.8, 4) is 0 Å². The molecule has 0 aromatic heterocycles. The normalized spacial score (nSPS) is 25.4. The van der Waals surface area contributed by atoms with Crippen LogP contribution in [0.15, 0.2) is 0 Å². The van der Waals surface area contributed by atoms with Crippen LogP contribution in [0.5, 0.6) is 0 Å². The van der Waals surface area contributed by atoms with Crippen LogP contribution in [-0.4, -0.2) is 30.8 Å². The number of carbonyl (C=O) groups is 1. The monoisotopic (exact) mass is 240 g/mol. The summed E-state index contributed by atoms with van der Waals surface area (Å²) in [5, 5.41) is 9.90. The van der Waals surface area contributed by atoms with Gasteiger partial charge < -0.3 is 16.4 Å². The van der Waals surface area contributed by atoms with Crippen LogP contribution in [0.3, 0.4) is 0 Å². The number of primary amides is 1. The highest BCUT2D eigenvalue weighted by atomic mass is 16.2. The highest BCUT2D eigenvalue weighted by molar-refractivity contribution is 5.72. The number of nitrogens with one attached hydrogen (secondary N) is 3. The molecule has 0 radical (unpaired) electrons. The van der Waals surface area contributed by atoms with E-state index in [1.54, 1.807) is 0 Å². The third-order valence-electron chi connectivity index (χ3n) is 3.91. The lowest BCUT2D eigenvalue weighted by Gasteiger charge is -2.42. The van der Waals surface area contributed by atoms with Crippen LogP contribution >= 0.6 is 0 Å². The second-order valence-electron chi connectivity index (χ2n) is 5.30. The van der Waals surface area contributed by atoms with Crippen LogP contribution in [0, 0.1) is 0 Å². The van der Waals surface area contributed by atoms with E-state index in [0.29, 0.717) is 6.04 Å². The molecule has 5 nitrogen and oxygen atoms in total. The van der Waals surface area contributed by atoms with Gasteiger partial charge in [-0.2, -0.15) is 0 Å². The van der Waals surface area contributed by atoms with Gasteiger partial charge in [0.1, 0.15) is 0 Å². The lowest BCUT2D eigenvalue weighted by atomic mass is 9.91. The molecule has 1 saturated carbocycles. The molecule has 1 aliphatic heterocycles. The summed E-state index contributed by atoms with van der Waals surface area (Å²) in [5.41, 5.74) is 5.02. The first-order valence-corrected chi connectivity index (χ1v) is 6.76. The summed E-state index contributed by atoms with van der Waals surface area (Å²) in [6.45, 7) is 1.86. The average molecular weight is 240 g/mol. The molecule has 0 bridgehead atoms. The Morgan fingerprint density at radius 1 is 1.18 bits per heavy atom. The topological polar surface area (TPSA) is 79.2 Å². The Kier molecular flexibility index (Phi) is 4.23. The van der Waals surface area contributed by atoms with Crippen LogP contribution in [0.25, 0.3) is 0 Å². The molecule has 1 aliphatic carbocycles. The largest absolute Gasteiger partial charge is 0.352 e. The number of piperidine rings is 1. The van der Waals surface area contributed by atoms with Crippen LogP contribution in [0.2, 0.25) is 0 Å². The van der Waals surface area contributed by atoms with E-state index >= 15 is 0 Å². The fraction of sp³-hybridized carbons (Fsp3) is 0.917. The molecule has 2 fully saturated rings. The van der Waals surface area contributed by atoms with Crippen LogP contribution in [0.1, 0.15) is 44.9 Å². The molecule has 17 heavy (non-hydrogen) atoms. The Morgan fingerprint density at radius 3 is 2.41 bits per heavy atom. The van der Waals surface area contributed by atoms with Crippen molar-refractivity contribution < 1.29 is 4.79 Å². The molecule has 0 unspecified atom stereocenters. The number of hydrogen-bond acceptors (Lipinski definition) is 3. The van der Waals surface area contributed by atoms with Crippen molar-refractivity contribution in [1.82, 2.24) is 16.0 Å². The third-order valence-corrected chi connectivity index (χ3v) is 3.91. The molecule has 98 valence electrons. The molecular weight excluding hydrogens is 216 g/mol. The minimum Gasteiger partial charge on any atom is -0.352 e. The maximum atomic E-state index is 11.2. The maximum Gasteiger partial charge on any atom is 0.313 e. The predicted octanol–water partition coefficient (Wildman–Crippen LogP) is 0.657. The van der Waals surface area contributed by atoms with Crippen molar-refractivity contribution >= 4 is 6.03 Å². The van der Waals surface area contributed by atoms with Gasteiger partial charge in [-0.15, -0.1) is 0 Å². The van der Waals surface area contributed by atoms with Gasteiger partial charge in [0.15, 0.2) is 0 Å². The fourth-order valence-corrected chi connectivity index (χ4v) is 3.03. The number of urea groups is 1. The first-order chi connectivity index (χ1) is 8.20. The molecular formula is C12H24N4O. The first kappa shape index (κ1) is 12.6. The second-order valence-corrected chi connectivity index (χ2v) is 5.30. The molecule has 0 aromatic carbocycles. The summed E-state index contributed by atoms with van der Waals surface area (Å²) in [5.74, 6) is 0. The Bertz CT molecular complexity index is 257. The Morgan fingerprint density at radius 2 is 1.82 bits per heavy atom. The average Bonchev–Trinajstić information content (AvgIpc) is 2.30. The molecule has 2 rings (SSSR count). The molecule has 0 atom stereocenters. The summed E-state index contributed by atoms with van der Waals surface area (Å²) in [7, 11) is 0. The maximum absolute atomic E-state index is 11.2. The Balaban J connectivity index is 1.95. The zero-order valence-corrected chi connectivity index (χ0v) is 10.4. The van der Waals surface area contributed by atoms with E-state index in [1.165, 1.54) is 32.1 Å². The Labute approximate surface area is 103 Å². The number of rotatable bonds is 3. The van der Waals surface area contributed by atoms with Gasteiger partial charge in [0, 0.05) is 6.04 Å². The fourth-order valence-electron chi connectivity index (χ4n) is 3.03. The summed E-state index contributed by atoms with van der Waals surface area (Å²) in [6, 6.07) is 0.115. The SMILES string of the molecule is NC(=O)NC1(NC2CCCCC2)CCNCC1. The van der Waals surface area contributed by atoms with Crippen molar-refractivity contribution in [3.05, 3.63) is 0 Å². The highest BCUT2D eigenvalue weighted by Gasteiger charge is 2.35. The zero-order valence-electron chi connectivity index (χ0n) is 10.4. The van der Waals surface area contributed by atoms with Gasteiger partial charge in [0.2, 0.25) is 0 Å². The molecule has 2 aliphatic rings. The quantitative estimate of drug-likeness (QED) is 0.547. The van der Waals surface area contributed by atoms with Gasteiger partial charge in [-0.05, 0) is 38.8 Å². The number of carbonyl (C=O) groups excluding carboxylic acids is 1. The summed E-state index contributed by atoms with van der Waals surface area (Å²) < 4.78 is 0. The smallest absolute Gasteiger partial charge is 0.313 e. The van der Waals surface area contributed by atoms with E-state index < -0.39 is 6.03 Å². The molecule has 5 N–H and O–H groups in total. The molecule has 5 heteroatoms. The molecule has 1 saturated heterocycles. The van der Waals surface area contributed by atoms with E-state index in [1.807, 2.05) is 0 Å². The second kappa shape index (κ2) is 5.69. The zero-order chi connectivity index (χ0) is 12.1. The summed E-state index contributed by atoms with van der Waals surface area (Å²) in [4.78, 5) is 11.2. The van der Waals surface area contributed by atoms with Crippen LogP contribution in [0.4, 0.5) is 4.79 Å². The highest BCUT2D eigenvalue weighted by Crippen LogP contribution is 2.23. The summed E-state index contributed by atoms with van der Waals surface area (Å²) >= 11 is 0. The van der Waals surface area contributed by atoms with Crippen molar-refractivity contribution in [1.29, 1.82) is 0 Å². The molecule has 1 heterocycles. The van der Waals surface area contributed by atoms with Crippen molar-refractivity contribution in [3.63, 3.8) is 0 Å². The standard InChI is InChI=1S/C12H24N4O/c13-11(17)16-12(6-8-14-9-7-12)15-10-4-2-1-3-5-10/h10,14-15H,1-9H2,(H3,13,16,17). The van der Waals surface area contributed by atoms with Gasteiger partial charge in [-0.1, -0.05) is 19.3 Å². The van der Waals surface area contributed by atoms with Gasteiger partial charge in [0.05, 0.1) is 5.66 Å². The minimum absolute atomic E-state index is 0.279. The van der Waals surface area contributed by atoms with Gasteiger partial charge in [-0.3, -0.25) is 5.32 Å². The van der Waals surface area contributed by atoms with Crippen molar-refractivity contribution in [2.45, 2.75) is 56.7 Å². The van der Waals surface area contributed by atoms with Crippen molar-refractivity contribution in [2.24, 2.45) is 5.73 Å². The lowest BCUT2D eigenvalue weighted by Crippen LogP contribution is -2.66. The minimum atomic E-state index is -0.421. The van der Waals surface area contributed by atoms with E-state index in [2.05, 4.69) is 16.0 Å². The van der Waals surface area contributed by atoms with Crippen molar-refractivity contribution in [2.75, 3.05) is 13.1 Å². The Hall–Kier alpha value is -0.810. The number of amides is 2. The lowest BCUT2D eigenvalue weighted by molar-refractivity contribution is 0.159. The number of nitrogens with two attached hydrogens (primary N) is 1. The summed E-state index contributed by atoms with van der Waals surface area (Å²) in [6.07, 6.45) is 8.19. The van der Waals surface area contributed by atoms with Gasteiger partial charge in [-0.25, -0.2) is 4.79 Å². The van der Waals surface area contributed by atoms with Crippen LogP contribution < -0.4 is 21.7 Å². The molecule has 0 aromatic rings. The van der Waals surface area contributed by atoms with Gasteiger partial charge in [0.25, 0.3) is 0 Å². The molecule has 2 amide bonds. The number of hydrogen-bond donors (Lipinski definition) is 4. The van der Waals surface area contributed by atoms with Crippen LogP contribution in [-0.2, 0) is 0 Å². The van der Waals surface area contributed by atoms with E-state index in [4.69, 9.17) is 5.73 Å².